The molecule has 0 aromatic heterocycles. The van der Waals surface area contributed by atoms with Gasteiger partial charge in [0.05, 0.1) is 9.95 Å². The van der Waals surface area contributed by atoms with Gasteiger partial charge in [-0.2, -0.15) is 0 Å². The molecule has 6 heteroatoms. The molecule has 0 unspecified atom stereocenters. The van der Waals surface area contributed by atoms with Crippen LogP contribution in [0.4, 0.5) is 15.8 Å². The first-order valence-electron chi connectivity index (χ1n) is 5.48. The van der Waals surface area contributed by atoms with Crippen LogP contribution in [0.5, 0.6) is 0 Å². The molecule has 1 fully saturated rings. The van der Waals surface area contributed by atoms with Crippen LogP contribution in [0.25, 0.3) is 0 Å². The summed E-state index contributed by atoms with van der Waals surface area (Å²) in [4.78, 5) is 10.3. The van der Waals surface area contributed by atoms with E-state index >= 15 is 0 Å². The van der Waals surface area contributed by atoms with Crippen LogP contribution >= 0.6 is 11.6 Å². The van der Waals surface area contributed by atoms with E-state index in [0.717, 1.165) is 37.8 Å². The van der Waals surface area contributed by atoms with Crippen LogP contribution in [0.3, 0.4) is 0 Å². The van der Waals surface area contributed by atoms with Crippen molar-refractivity contribution < 1.29 is 9.31 Å². The maximum atomic E-state index is 13.3. The van der Waals surface area contributed by atoms with Crippen LogP contribution in [0.1, 0.15) is 25.7 Å². The van der Waals surface area contributed by atoms with E-state index in [1.807, 2.05) is 0 Å². The molecular formula is C11H12ClFN2O2. The third kappa shape index (κ3) is 2.66. The Labute approximate surface area is 103 Å². The molecule has 1 aliphatic carbocycles. The molecule has 0 radical (unpaired) electrons. The number of rotatable bonds is 3. The summed E-state index contributed by atoms with van der Waals surface area (Å²) in [6.07, 6.45) is 4.12. The van der Waals surface area contributed by atoms with Crippen molar-refractivity contribution in [2.45, 2.75) is 31.7 Å². The lowest BCUT2D eigenvalue weighted by molar-refractivity contribution is -0.384. The number of benzene rings is 1. The van der Waals surface area contributed by atoms with E-state index in [2.05, 4.69) is 5.32 Å². The third-order valence-corrected chi connectivity index (χ3v) is 3.24. The highest BCUT2D eigenvalue weighted by Crippen LogP contribution is 2.32. The molecule has 17 heavy (non-hydrogen) atoms. The molecule has 1 saturated carbocycles. The number of anilines is 1. The minimum Gasteiger partial charge on any atom is -0.377 e. The maximum Gasteiger partial charge on any atom is 0.294 e. The molecule has 0 heterocycles. The lowest BCUT2D eigenvalue weighted by Gasteiger charge is -2.13. The second kappa shape index (κ2) is 4.87. The molecule has 1 aliphatic rings. The van der Waals surface area contributed by atoms with E-state index in [1.165, 1.54) is 0 Å². The first-order valence-corrected chi connectivity index (χ1v) is 5.85. The number of hydrogen-bond donors (Lipinski definition) is 1. The zero-order valence-corrected chi connectivity index (χ0v) is 9.84. The highest BCUT2D eigenvalue weighted by molar-refractivity contribution is 6.31. The van der Waals surface area contributed by atoms with Gasteiger partial charge in [-0.05, 0) is 12.8 Å². The van der Waals surface area contributed by atoms with E-state index in [0.29, 0.717) is 0 Å². The van der Waals surface area contributed by atoms with Gasteiger partial charge < -0.3 is 5.32 Å². The van der Waals surface area contributed by atoms with Gasteiger partial charge in [-0.1, -0.05) is 24.4 Å². The smallest absolute Gasteiger partial charge is 0.294 e. The van der Waals surface area contributed by atoms with E-state index in [4.69, 9.17) is 11.6 Å². The van der Waals surface area contributed by atoms with Crippen LogP contribution in [0, 0.1) is 15.9 Å². The second-order valence-electron chi connectivity index (χ2n) is 4.17. The summed E-state index contributed by atoms with van der Waals surface area (Å²) in [5, 5.41) is 13.6. The van der Waals surface area contributed by atoms with Crippen molar-refractivity contribution in [2.75, 3.05) is 5.32 Å². The van der Waals surface area contributed by atoms with E-state index < -0.39 is 10.7 Å². The Morgan fingerprint density at radius 1 is 1.41 bits per heavy atom. The van der Waals surface area contributed by atoms with Crippen LogP contribution in [-0.4, -0.2) is 11.0 Å². The molecule has 0 saturated heterocycles. The largest absolute Gasteiger partial charge is 0.377 e. The van der Waals surface area contributed by atoms with Crippen molar-refractivity contribution in [2.24, 2.45) is 0 Å². The Morgan fingerprint density at radius 3 is 2.65 bits per heavy atom. The Bertz CT molecular complexity index is 447. The van der Waals surface area contributed by atoms with Gasteiger partial charge in [-0.25, -0.2) is 4.39 Å². The van der Waals surface area contributed by atoms with Gasteiger partial charge in [-0.15, -0.1) is 0 Å². The normalized spacial score (nSPS) is 16.1. The van der Waals surface area contributed by atoms with Crippen LogP contribution < -0.4 is 5.32 Å². The lowest BCUT2D eigenvalue weighted by Crippen LogP contribution is -2.15. The summed E-state index contributed by atoms with van der Waals surface area (Å²) < 4.78 is 13.3. The van der Waals surface area contributed by atoms with Gasteiger partial charge >= 0.3 is 0 Å². The van der Waals surface area contributed by atoms with Crippen LogP contribution in [0.2, 0.25) is 5.02 Å². The van der Waals surface area contributed by atoms with Crippen molar-refractivity contribution in [3.05, 3.63) is 33.1 Å². The summed E-state index contributed by atoms with van der Waals surface area (Å²) >= 11 is 5.54. The van der Waals surface area contributed by atoms with E-state index in [1.54, 1.807) is 0 Å². The molecular weight excluding hydrogens is 247 g/mol. The van der Waals surface area contributed by atoms with E-state index in [-0.39, 0.29) is 22.4 Å². The number of nitrogens with zero attached hydrogens (tertiary/aromatic N) is 1. The van der Waals surface area contributed by atoms with Crippen LogP contribution in [-0.2, 0) is 0 Å². The zero-order valence-electron chi connectivity index (χ0n) is 9.08. The van der Waals surface area contributed by atoms with E-state index in [9.17, 15) is 14.5 Å². The molecule has 92 valence electrons. The average molecular weight is 259 g/mol. The highest BCUT2D eigenvalue weighted by atomic mass is 35.5. The van der Waals surface area contributed by atoms with Crippen LogP contribution in [0.15, 0.2) is 12.1 Å². The molecule has 1 aromatic rings. The first kappa shape index (κ1) is 12.1. The van der Waals surface area contributed by atoms with Crippen molar-refractivity contribution >= 4 is 23.0 Å². The number of nitro groups is 1. The number of halogens is 2. The monoisotopic (exact) mass is 258 g/mol. The number of nitrogens with one attached hydrogen (secondary N) is 1. The molecule has 4 nitrogen and oxygen atoms in total. The Kier molecular flexibility index (Phi) is 3.47. The highest BCUT2D eigenvalue weighted by Gasteiger charge is 2.22. The predicted octanol–water partition coefficient (Wildman–Crippen LogP) is 3.74. The summed E-state index contributed by atoms with van der Waals surface area (Å²) in [5.74, 6) is -0.641. The summed E-state index contributed by atoms with van der Waals surface area (Å²) in [7, 11) is 0. The summed E-state index contributed by atoms with van der Waals surface area (Å²) in [5.41, 5.74) is 0.0344. The molecule has 1 aromatic carbocycles. The SMILES string of the molecule is O=[N+]([O-])c1cc(Cl)c(F)cc1NC1CCCC1. The molecule has 1 N–H and O–H groups in total. The topological polar surface area (TPSA) is 55.2 Å². The summed E-state index contributed by atoms with van der Waals surface area (Å²) in [6.45, 7) is 0. The third-order valence-electron chi connectivity index (χ3n) is 2.95. The second-order valence-corrected chi connectivity index (χ2v) is 4.57. The van der Waals surface area contributed by atoms with Gasteiger partial charge in [0.25, 0.3) is 5.69 Å². The minimum absolute atomic E-state index is 0.178. The maximum absolute atomic E-state index is 13.3. The molecule has 0 spiro atoms. The number of nitro benzene ring substituents is 1. The zero-order chi connectivity index (χ0) is 12.4. The number of hydrogen-bond acceptors (Lipinski definition) is 3. The quantitative estimate of drug-likeness (QED) is 0.664. The standard InChI is InChI=1S/C11H12ClFN2O2/c12-8-5-11(15(16)17)10(6-9(8)13)14-7-3-1-2-4-7/h5-7,14H,1-4H2. The molecule has 0 aliphatic heterocycles. The molecule has 0 atom stereocenters. The fourth-order valence-electron chi connectivity index (χ4n) is 2.09. The fraction of sp³-hybridized carbons (Fsp3) is 0.455. The average Bonchev–Trinajstić information content (AvgIpc) is 2.75. The van der Waals surface area contributed by atoms with Gasteiger partial charge in [0, 0.05) is 18.2 Å². The molecule has 0 bridgehead atoms. The van der Waals surface area contributed by atoms with Crippen molar-refractivity contribution in [3.63, 3.8) is 0 Å². The Balaban J connectivity index is 2.29. The van der Waals surface area contributed by atoms with Gasteiger partial charge in [0.2, 0.25) is 0 Å². The molecule has 0 amide bonds. The lowest BCUT2D eigenvalue weighted by atomic mass is 10.2. The Hall–Kier alpha value is -1.36. The Morgan fingerprint density at radius 2 is 2.06 bits per heavy atom. The van der Waals surface area contributed by atoms with Crippen molar-refractivity contribution in [1.29, 1.82) is 0 Å². The van der Waals surface area contributed by atoms with Crippen molar-refractivity contribution in [1.82, 2.24) is 0 Å². The van der Waals surface area contributed by atoms with Gasteiger partial charge in [-0.3, -0.25) is 10.1 Å². The van der Waals surface area contributed by atoms with Gasteiger partial charge in [0.15, 0.2) is 0 Å². The predicted molar refractivity (Wildman–Crippen MR) is 63.9 cm³/mol. The molecule has 2 rings (SSSR count). The first-order chi connectivity index (χ1) is 8.08. The van der Waals surface area contributed by atoms with Crippen molar-refractivity contribution in [3.8, 4) is 0 Å². The summed E-state index contributed by atoms with van der Waals surface area (Å²) in [6, 6.07) is 2.33. The fourth-order valence-corrected chi connectivity index (χ4v) is 2.25. The minimum atomic E-state index is -0.641. The van der Waals surface area contributed by atoms with Gasteiger partial charge in [0.1, 0.15) is 11.5 Å².